The summed E-state index contributed by atoms with van der Waals surface area (Å²) in [5.74, 6) is -1.14. The second kappa shape index (κ2) is 13.0. The van der Waals surface area contributed by atoms with Crippen molar-refractivity contribution in [1.29, 1.82) is 0 Å². The summed E-state index contributed by atoms with van der Waals surface area (Å²) in [5.41, 5.74) is 2.26. The van der Waals surface area contributed by atoms with E-state index in [1.165, 1.54) is 0 Å². The van der Waals surface area contributed by atoms with Crippen LogP contribution in [0.5, 0.6) is 5.75 Å². The number of hydrogen-bond donors (Lipinski definition) is 1. The van der Waals surface area contributed by atoms with Crippen molar-refractivity contribution in [2.45, 2.75) is 25.4 Å². The molecule has 0 aromatic heterocycles. The van der Waals surface area contributed by atoms with Crippen molar-refractivity contribution < 1.29 is 28.4 Å². The summed E-state index contributed by atoms with van der Waals surface area (Å²) in [6.45, 7) is -0.0838. The summed E-state index contributed by atoms with van der Waals surface area (Å²) < 4.78 is 31.6. The third-order valence-electron chi connectivity index (χ3n) is 5.55. The van der Waals surface area contributed by atoms with Gasteiger partial charge in [0.1, 0.15) is 5.75 Å². The minimum atomic E-state index is -4.17. The van der Waals surface area contributed by atoms with Gasteiger partial charge in [-0.1, -0.05) is 109 Å². The molecule has 4 aromatic rings. The molecular weight excluding hydrogens is 489 g/mol. The van der Waals surface area contributed by atoms with Crippen LogP contribution in [-0.4, -0.2) is 22.1 Å². The molecule has 8 heteroatoms. The van der Waals surface area contributed by atoms with Crippen LogP contribution < -0.4 is 4.74 Å². The molecule has 0 radical (unpaired) electrons. The van der Waals surface area contributed by atoms with E-state index in [1.807, 2.05) is 91.0 Å². The van der Waals surface area contributed by atoms with Gasteiger partial charge in [0, 0.05) is 6.42 Å². The lowest BCUT2D eigenvalue weighted by Crippen LogP contribution is -2.41. The van der Waals surface area contributed by atoms with Crippen LogP contribution in [0.4, 0.5) is 4.79 Å². The van der Waals surface area contributed by atoms with Gasteiger partial charge in [0.2, 0.25) is 0 Å². The van der Waals surface area contributed by atoms with Crippen molar-refractivity contribution in [2.24, 2.45) is 0 Å². The van der Waals surface area contributed by atoms with E-state index in [1.54, 1.807) is 30.3 Å². The zero-order valence-electron chi connectivity index (χ0n) is 20.1. The molecule has 4 rings (SSSR count). The maximum atomic E-state index is 14.4. The van der Waals surface area contributed by atoms with Gasteiger partial charge >= 0.3 is 13.7 Å². The molecule has 1 atom stereocenters. The predicted molar refractivity (Wildman–Crippen MR) is 140 cm³/mol. The molecule has 0 saturated carbocycles. The Bertz CT molecular complexity index is 1240. The minimum Gasteiger partial charge on any atom is -0.409 e. The fraction of sp³-hybridized carbons (Fsp3) is 0.138. The van der Waals surface area contributed by atoms with E-state index in [2.05, 4.69) is 0 Å². The highest BCUT2D eigenvalue weighted by molar-refractivity contribution is 7.54. The first-order chi connectivity index (χ1) is 18.0. The number of nitrogens with zero attached hydrogens (tertiary/aromatic N) is 1. The van der Waals surface area contributed by atoms with Crippen LogP contribution in [-0.2, 0) is 33.2 Å². The predicted octanol–water partition coefficient (Wildman–Crippen LogP) is 7.07. The highest BCUT2D eigenvalue weighted by Gasteiger charge is 2.43. The molecule has 1 unspecified atom stereocenters. The van der Waals surface area contributed by atoms with Gasteiger partial charge in [0.25, 0.3) is 0 Å². The van der Waals surface area contributed by atoms with E-state index in [0.717, 1.165) is 16.7 Å². The summed E-state index contributed by atoms with van der Waals surface area (Å²) in [4.78, 5) is 13.0. The molecule has 190 valence electrons. The van der Waals surface area contributed by atoms with Crippen molar-refractivity contribution in [3.63, 3.8) is 0 Å². The summed E-state index contributed by atoms with van der Waals surface area (Å²) in [6, 6.07) is 35.8. The Hall–Kier alpha value is -3.74. The second-order valence-electron chi connectivity index (χ2n) is 8.25. The standard InChI is InChI=1S/C29H28NO6P/c31-29(36-27-19-11-4-12-20-27)30(32)28(21-24-13-5-1-6-14-24)37(33,34-22-25-15-7-2-8-16-25)35-23-26-17-9-3-10-18-26/h1-20,28,32H,21-23H2. The molecule has 1 amide bonds. The zero-order valence-corrected chi connectivity index (χ0v) is 21.0. The molecule has 0 fully saturated rings. The SMILES string of the molecule is O=C(Oc1ccccc1)N(O)C(Cc1ccccc1)P(=O)(OCc1ccccc1)OCc1ccccc1. The van der Waals surface area contributed by atoms with Gasteiger partial charge in [-0.15, -0.1) is 0 Å². The zero-order chi connectivity index (χ0) is 25.9. The van der Waals surface area contributed by atoms with Crippen molar-refractivity contribution >= 4 is 13.7 Å². The van der Waals surface area contributed by atoms with E-state index in [-0.39, 0.29) is 25.4 Å². The highest BCUT2D eigenvalue weighted by atomic mass is 31.2. The number of benzene rings is 4. The van der Waals surface area contributed by atoms with E-state index in [4.69, 9.17) is 13.8 Å². The van der Waals surface area contributed by atoms with E-state index >= 15 is 0 Å². The Balaban J connectivity index is 1.64. The fourth-order valence-electron chi connectivity index (χ4n) is 3.60. The van der Waals surface area contributed by atoms with Crippen molar-refractivity contribution in [2.75, 3.05) is 0 Å². The molecule has 7 nitrogen and oxygen atoms in total. The van der Waals surface area contributed by atoms with Gasteiger partial charge in [-0.3, -0.25) is 9.77 Å². The molecule has 1 N–H and O–H groups in total. The van der Waals surface area contributed by atoms with Crippen LogP contribution in [0.3, 0.4) is 0 Å². The Morgan fingerprint density at radius 1 is 0.676 bits per heavy atom. The molecule has 0 aliphatic rings. The molecule has 0 saturated heterocycles. The minimum absolute atomic E-state index is 0.00207. The van der Waals surface area contributed by atoms with Gasteiger partial charge in [-0.05, 0) is 28.8 Å². The molecule has 0 aliphatic carbocycles. The second-order valence-corrected chi connectivity index (χ2v) is 10.4. The van der Waals surface area contributed by atoms with Crippen LogP contribution in [0, 0.1) is 0 Å². The molecule has 0 spiro atoms. The lowest BCUT2D eigenvalue weighted by molar-refractivity contribution is -0.0794. The van der Waals surface area contributed by atoms with Crippen LogP contribution in [0.1, 0.15) is 16.7 Å². The fourth-order valence-corrected chi connectivity index (χ4v) is 5.48. The summed E-state index contributed by atoms with van der Waals surface area (Å²) >= 11 is 0. The third-order valence-corrected chi connectivity index (χ3v) is 7.66. The van der Waals surface area contributed by atoms with Crippen molar-refractivity contribution in [1.82, 2.24) is 5.06 Å². The number of hydrogen-bond acceptors (Lipinski definition) is 6. The maximum absolute atomic E-state index is 14.4. The van der Waals surface area contributed by atoms with Crippen molar-refractivity contribution in [3.05, 3.63) is 138 Å². The van der Waals surface area contributed by atoms with E-state index < -0.39 is 19.5 Å². The van der Waals surface area contributed by atoms with Gasteiger partial charge in [-0.25, -0.2) is 4.79 Å². The Labute approximate surface area is 216 Å². The first kappa shape index (κ1) is 26.3. The average molecular weight is 518 g/mol. The van der Waals surface area contributed by atoms with Crippen LogP contribution in [0.25, 0.3) is 0 Å². The molecular formula is C29H28NO6P. The van der Waals surface area contributed by atoms with Crippen LogP contribution >= 0.6 is 7.60 Å². The lowest BCUT2D eigenvalue weighted by atomic mass is 10.1. The number of hydroxylamine groups is 2. The number of para-hydroxylation sites is 1. The van der Waals surface area contributed by atoms with E-state index in [9.17, 15) is 14.6 Å². The van der Waals surface area contributed by atoms with E-state index in [0.29, 0.717) is 5.06 Å². The number of rotatable bonds is 11. The Morgan fingerprint density at radius 3 is 1.54 bits per heavy atom. The van der Waals surface area contributed by atoms with Gasteiger partial charge < -0.3 is 13.8 Å². The Kier molecular flexibility index (Phi) is 9.24. The molecule has 0 heterocycles. The summed E-state index contributed by atoms with van der Waals surface area (Å²) in [6.07, 6.45) is -1.10. The molecule has 0 bridgehead atoms. The first-order valence-corrected chi connectivity index (χ1v) is 13.4. The normalized spacial score (nSPS) is 12.0. The first-order valence-electron chi connectivity index (χ1n) is 11.8. The van der Waals surface area contributed by atoms with Crippen LogP contribution in [0.2, 0.25) is 0 Å². The number of ether oxygens (including phenoxy) is 1. The number of carbonyl (C=O) groups excluding carboxylic acids is 1. The molecule has 0 aliphatic heterocycles. The molecule has 37 heavy (non-hydrogen) atoms. The van der Waals surface area contributed by atoms with Gasteiger partial charge in [0.15, 0.2) is 5.78 Å². The summed E-state index contributed by atoms with van der Waals surface area (Å²) in [7, 11) is -4.17. The maximum Gasteiger partial charge on any atom is 0.440 e. The lowest BCUT2D eigenvalue weighted by Gasteiger charge is -2.31. The topological polar surface area (TPSA) is 85.3 Å². The van der Waals surface area contributed by atoms with Crippen molar-refractivity contribution in [3.8, 4) is 5.75 Å². The largest absolute Gasteiger partial charge is 0.440 e. The quantitative estimate of drug-likeness (QED) is 0.130. The Morgan fingerprint density at radius 2 is 1.08 bits per heavy atom. The number of amides is 1. The van der Waals surface area contributed by atoms with Gasteiger partial charge in [-0.2, -0.15) is 5.06 Å². The monoisotopic (exact) mass is 517 g/mol. The third kappa shape index (κ3) is 7.62. The van der Waals surface area contributed by atoms with Crippen LogP contribution in [0.15, 0.2) is 121 Å². The molecule has 4 aromatic carbocycles. The number of carbonyl (C=O) groups is 1. The highest BCUT2D eigenvalue weighted by Crippen LogP contribution is 2.56. The van der Waals surface area contributed by atoms with Gasteiger partial charge in [0.05, 0.1) is 13.2 Å². The average Bonchev–Trinajstić information content (AvgIpc) is 2.95. The smallest absolute Gasteiger partial charge is 0.409 e. The summed E-state index contributed by atoms with van der Waals surface area (Å²) in [5, 5.41) is 11.4.